The van der Waals surface area contributed by atoms with Crippen molar-refractivity contribution in [3.05, 3.63) is 65.8 Å². The summed E-state index contributed by atoms with van der Waals surface area (Å²) < 4.78 is 25.1. The van der Waals surface area contributed by atoms with Crippen molar-refractivity contribution < 1.29 is 8.42 Å². The van der Waals surface area contributed by atoms with Crippen molar-refractivity contribution >= 4 is 55.5 Å². The molecule has 0 amide bonds. The number of nitrogens with one attached hydrogen (secondary N) is 3. The first kappa shape index (κ1) is 17.6. The number of sulfonamides is 1. The van der Waals surface area contributed by atoms with Crippen LogP contribution in [-0.2, 0) is 10.0 Å². The SMILES string of the molecule is O=S(=O)(NNC(=S)Nc1cccc(Cl)c1)c1cccc2cccnc12. The molecule has 2 aromatic carbocycles. The first-order valence-electron chi connectivity index (χ1n) is 7.14. The molecule has 6 nitrogen and oxygen atoms in total. The van der Waals surface area contributed by atoms with Gasteiger partial charge in [0, 0.05) is 22.3 Å². The minimum atomic E-state index is -3.86. The topological polar surface area (TPSA) is 83.1 Å². The summed E-state index contributed by atoms with van der Waals surface area (Å²) in [5.74, 6) is 0. The van der Waals surface area contributed by atoms with E-state index in [2.05, 4.69) is 20.6 Å². The third-order valence-electron chi connectivity index (χ3n) is 3.27. The van der Waals surface area contributed by atoms with Gasteiger partial charge in [0.15, 0.2) is 5.11 Å². The molecule has 0 radical (unpaired) electrons. The average molecular weight is 393 g/mol. The number of hydrogen-bond acceptors (Lipinski definition) is 4. The smallest absolute Gasteiger partial charge is 0.259 e. The highest BCUT2D eigenvalue weighted by Gasteiger charge is 2.18. The number of para-hydroxylation sites is 1. The molecule has 0 fully saturated rings. The van der Waals surface area contributed by atoms with Gasteiger partial charge in [-0.1, -0.05) is 35.9 Å². The number of thiocarbonyl (C=S) groups is 1. The van der Waals surface area contributed by atoms with Gasteiger partial charge in [0.05, 0.1) is 5.52 Å². The zero-order valence-electron chi connectivity index (χ0n) is 12.7. The summed E-state index contributed by atoms with van der Waals surface area (Å²) >= 11 is 11.0. The molecule has 0 spiro atoms. The van der Waals surface area contributed by atoms with Crippen LogP contribution in [0.3, 0.4) is 0 Å². The van der Waals surface area contributed by atoms with E-state index in [9.17, 15) is 8.42 Å². The molecule has 9 heteroatoms. The standard InChI is InChI=1S/C16H13ClN4O2S2/c17-12-6-2-7-13(10-12)19-16(24)20-21-25(22,23)14-8-1-4-11-5-3-9-18-15(11)14/h1-10,21H,(H2,19,20,24). The van der Waals surface area contributed by atoms with Crippen molar-refractivity contribution in [1.82, 2.24) is 15.2 Å². The minimum absolute atomic E-state index is 0.0589. The first-order valence-corrected chi connectivity index (χ1v) is 9.41. The highest BCUT2D eigenvalue weighted by atomic mass is 35.5. The van der Waals surface area contributed by atoms with Crippen molar-refractivity contribution in [2.45, 2.75) is 4.90 Å². The highest BCUT2D eigenvalue weighted by molar-refractivity contribution is 7.89. The monoisotopic (exact) mass is 392 g/mol. The summed E-state index contributed by atoms with van der Waals surface area (Å²) in [5, 5.41) is 4.18. The van der Waals surface area contributed by atoms with E-state index in [-0.39, 0.29) is 10.0 Å². The van der Waals surface area contributed by atoms with Gasteiger partial charge in [-0.2, -0.15) is 0 Å². The summed E-state index contributed by atoms with van der Waals surface area (Å²) in [7, 11) is -3.86. The molecule has 0 unspecified atom stereocenters. The summed E-state index contributed by atoms with van der Waals surface area (Å²) in [6, 6.07) is 15.4. The lowest BCUT2D eigenvalue weighted by Gasteiger charge is -2.13. The van der Waals surface area contributed by atoms with Crippen molar-refractivity contribution in [2.75, 3.05) is 5.32 Å². The number of hydrogen-bond donors (Lipinski definition) is 3. The highest BCUT2D eigenvalue weighted by Crippen LogP contribution is 2.20. The molecule has 0 saturated heterocycles. The van der Waals surface area contributed by atoms with Gasteiger partial charge in [-0.05, 0) is 42.5 Å². The van der Waals surface area contributed by atoms with E-state index in [4.69, 9.17) is 23.8 Å². The lowest BCUT2D eigenvalue weighted by molar-refractivity contribution is 0.578. The number of anilines is 1. The lowest BCUT2D eigenvalue weighted by Crippen LogP contribution is -2.43. The van der Waals surface area contributed by atoms with Crippen molar-refractivity contribution in [3.63, 3.8) is 0 Å². The Labute approximate surface area is 155 Å². The summed E-state index contributed by atoms with van der Waals surface area (Å²) in [4.78, 5) is 6.45. The number of benzene rings is 2. The van der Waals surface area contributed by atoms with Crippen LogP contribution in [-0.4, -0.2) is 18.5 Å². The Hall–Kier alpha value is -2.26. The van der Waals surface area contributed by atoms with E-state index in [1.54, 1.807) is 54.7 Å². The van der Waals surface area contributed by atoms with Crippen LogP contribution in [0.5, 0.6) is 0 Å². The molecule has 3 aromatic rings. The average Bonchev–Trinajstić information content (AvgIpc) is 2.59. The quantitative estimate of drug-likeness (QED) is 0.467. The molecule has 128 valence electrons. The van der Waals surface area contributed by atoms with Crippen molar-refractivity contribution in [1.29, 1.82) is 0 Å². The Morgan fingerprint density at radius 2 is 1.84 bits per heavy atom. The van der Waals surface area contributed by atoms with Crippen LogP contribution in [0.2, 0.25) is 5.02 Å². The summed E-state index contributed by atoms with van der Waals surface area (Å²) in [5.41, 5.74) is 3.48. The maximum Gasteiger partial charge on any atom is 0.259 e. The molecule has 3 rings (SSSR count). The van der Waals surface area contributed by atoms with Gasteiger partial charge in [-0.15, -0.1) is 4.83 Å². The number of aromatic nitrogens is 1. The summed E-state index contributed by atoms with van der Waals surface area (Å²) in [6.07, 6.45) is 1.54. The van der Waals surface area contributed by atoms with E-state index in [1.807, 2.05) is 0 Å². The second kappa shape index (κ2) is 7.32. The third-order valence-corrected chi connectivity index (χ3v) is 4.99. The number of pyridine rings is 1. The maximum atomic E-state index is 12.5. The second-order valence-corrected chi connectivity index (χ2v) is 7.52. The third kappa shape index (κ3) is 4.23. The number of halogens is 1. The van der Waals surface area contributed by atoms with Crippen LogP contribution >= 0.6 is 23.8 Å². The van der Waals surface area contributed by atoms with Crippen LogP contribution in [0.25, 0.3) is 10.9 Å². The Morgan fingerprint density at radius 1 is 1.08 bits per heavy atom. The molecule has 0 saturated carbocycles. The molecule has 0 aliphatic heterocycles. The predicted molar refractivity (Wildman–Crippen MR) is 103 cm³/mol. The van der Waals surface area contributed by atoms with E-state index in [0.717, 1.165) is 5.39 Å². The normalized spacial score (nSPS) is 11.2. The van der Waals surface area contributed by atoms with E-state index >= 15 is 0 Å². The Kier molecular flexibility index (Phi) is 5.14. The largest absolute Gasteiger partial charge is 0.332 e. The van der Waals surface area contributed by atoms with Gasteiger partial charge in [0.25, 0.3) is 10.0 Å². The number of rotatable bonds is 4. The van der Waals surface area contributed by atoms with Gasteiger partial charge in [0.1, 0.15) is 4.90 Å². The molecule has 0 atom stereocenters. The van der Waals surface area contributed by atoms with Crippen LogP contribution in [0, 0.1) is 0 Å². The molecular weight excluding hydrogens is 380 g/mol. The molecule has 25 heavy (non-hydrogen) atoms. The Balaban J connectivity index is 1.74. The molecule has 0 aliphatic rings. The molecule has 3 N–H and O–H groups in total. The van der Waals surface area contributed by atoms with Crippen LogP contribution in [0.15, 0.2) is 65.7 Å². The van der Waals surface area contributed by atoms with Crippen LogP contribution in [0.4, 0.5) is 5.69 Å². The predicted octanol–water partition coefficient (Wildman–Crippen LogP) is 3.07. The van der Waals surface area contributed by atoms with Gasteiger partial charge < -0.3 is 5.32 Å². The molecular formula is C16H13ClN4O2S2. The zero-order valence-corrected chi connectivity index (χ0v) is 15.1. The van der Waals surface area contributed by atoms with E-state index in [1.165, 1.54) is 6.07 Å². The fourth-order valence-corrected chi connectivity index (χ4v) is 3.64. The first-order chi connectivity index (χ1) is 12.0. The summed E-state index contributed by atoms with van der Waals surface area (Å²) in [6.45, 7) is 0. The molecule has 0 aliphatic carbocycles. The molecule has 0 bridgehead atoms. The van der Waals surface area contributed by atoms with Gasteiger partial charge in [-0.3, -0.25) is 10.4 Å². The van der Waals surface area contributed by atoms with Gasteiger partial charge in [0.2, 0.25) is 0 Å². The second-order valence-electron chi connectivity index (χ2n) is 5.03. The van der Waals surface area contributed by atoms with Gasteiger partial charge >= 0.3 is 0 Å². The maximum absolute atomic E-state index is 12.5. The fraction of sp³-hybridized carbons (Fsp3) is 0. The van der Waals surface area contributed by atoms with Crippen LogP contribution in [0.1, 0.15) is 0 Å². The van der Waals surface area contributed by atoms with Gasteiger partial charge in [-0.25, -0.2) is 8.42 Å². The lowest BCUT2D eigenvalue weighted by atomic mass is 10.2. The number of hydrazine groups is 1. The zero-order chi connectivity index (χ0) is 17.9. The van der Waals surface area contributed by atoms with E-state index < -0.39 is 10.0 Å². The van der Waals surface area contributed by atoms with Crippen LogP contribution < -0.4 is 15.6 Å². The van der Waals surface area contributed by atoms with E-state index in [0.29, 0.717) is 16.2 Å². The Bertz CT molecular complexity index is 1040. The van der Waals surface area contributed by atoms with Crippen molar-refractivity contribution in [3.8, 4) is 0 Å². The molecule has 1 heterocycles. The molecule has 1 aromatic heterocycles. The Morgan fingerprint density at radius 3 is 2.64 bits per heavy atom. The minimum Gasteiger partial charge on any atom is -0.332 e. The number of nitrogens with zero attached hydrogens (tertiary/aromatic N) is 1. The van der Waals surface area contributed by atoms with Crippen molar-refractivity contribution in [2.24, 2.45) is 0 Å². The fourth-order valence-electron chi connectivity index (χ4n) is 2.19. The number of fused-ring (bicyclic) bond motifs is 1.